The van der Waals surface area contributed by atoms with Gasteiger partial charge in [0.05, 0.1) is 0 Å². The molecular formula is C34H33N5O3. The van der Waals surface area contributed by atoms with Crippen LogP contribution in [0.1, 0.15) is 72.0 Å². The molecule has 4 aromatic rings. The van der Waals surface area contributed by atoms with Crippen molar-refractivity contribution in [2.45, 2.75) is 32.6 Å². The number of carbonyl (C=O) groups excluding carboxylic acids is 2. The van der Waals surface area contributed by atoms with Gasteiger partial charge in [0.25, 0.3) is 11.8 Å². The smallest absolute Gasteiger partial charge is 0.253 e. The number of carbonyl (C=O) groups is 2. The summed E-state index contributed by atoms with van der Waals surface area (Å²) in [6, 6.07) is 23.7. The summed E-state index contributed by atoms with van der Waals surface area (Å²) in [4.78, 5) is 34.6. The molecule has 3 aliphatic rings. The second-order valence-electron chi connectivity index (χ2n) is 11.3. The molecule has 3 N–H and O–H groups in total. The molecule has 2 bridgehead atoms. The van der Waals surface area contributed by atoms with Crippen molar-refractivity contribution in [1.29, 1.82) is 0 Å². The number of piperazine rings is 1. The van der Waals surface area contributed by atoms with E-state index in [9.17, 15) is 9.59 Å². The van der Waals surface area contributed by atoms with Gasteiger partial charge in [0.15, 0.2) is 0 Å². The van der Waals surface area contributed by atoms with Crippen molar-refractivity contribution in [3.63, 3.8) is 0 Å². The number of rotatable bonds is 5. The molecule has 2 atom stereocenters. The Labute approximate surface area is 245 Å². The van der Waals surface area contributed by atoms with Gasteiger partial charge in [-0.25, -0.2) is 4.98 Å². The maximum absolute atomic E-state index is 13.1. The number of nitrogens with one attached hydrogen (secondary N) is 1. The van der Waals surface area contributed by atoms with Crippen LogP contribution in [-0.2, 0) is 11.3 Å². The fourth-order valence-corrected chi connectivity index (χ4v) is 6.53. The summed E-state index contributed by atoms with van der Waals surface area (Å²) in [7, 11) is 0. The third-order valence-electron chi connectivity index (χ3n) is 8.77. The van der Waals surface area contributed by atoms with E-state index in [1.165, 1.54) is 5.56 Å². The lowest BCUT2D eigenvalue weighted by atomic mass is 9.85. The first-order valence-electron chi connectivity index (χ1n) is 14.4. The highest BCUT2D eigenvalue weighted by atomic mass is 16.5. The number of pyridine rings is 1. The molecule has 0 aliphatic carbocycles. The summed E-state index contributed by atoms with van der Waals surface area (Å²) in [5, 5.41) is 3.04. The zero-order chi connectivity index (χ0) is 29.0. The Hall–Kier alpha value is -4.69. The van der Waals surface area contributed by atoms with E-state index in [0.717, 1.165) is 57.9 Å². The Balaban J connectivity index is 1.03. The SMILES string of the molecule is Cc1cc(N)nc(C)c1CNC(=O)c1ccc2c(c1)C1OC2c2cc(N3CCN(C(=O)c4ccccc4)CC3)ccc21. The van der Waals surface area contributed by atoms with Crippen LogP contribution in [0.2, 0.25) is 0 Å². The maximum atomic E-state index is 13.1. The van der Waals surface area contributed by atoms with E-state index < -0.39 is 0 Å². The van der Waals surface area contributed by atoms with Gasteiger partial charge in [0, 0.05) is 55.2 Å². The van der Waals surface area contributed by atoms with Gasteiger partial charge < -0.3 is 25.6 Å². The van der Waals surface area contributed by atoms with Gasteiger partial charge in [-0.1, -0.05) is 30.3 Å². The molecule has 2 unspecified atom stereocenters. The number of nitrogen functional groups attached to an aromatic ring is 1. The normalized spacial score (nSPS) is 18.5. The number of aromatic nitrogens is 1. The second kappa shape index (κ2) is 10.3. The first-order valence-corrected chi connectivity index (χ1v) is 14.4. The number of ether oxygens (including phenoxy) is 1. The number of hydrogen-bond acceptors (Lipinski definition) is 6. The molecule has 1 fully saturated rings. The Bertz CT molecular complexity index is 1690. The van der Waals surface area contributed by atoms with Gasteiger partial charge in [0.2, 0.25) is 0 Å². The molecular weight excluding hydrogens is 526 g/mol. The molecule has 3 aromatic carbocycles. The fourth-order valence-electron chi connectivity index (χ4n) is 6.53. The summed E-state index contributed by atoms with van der Waals surface area (Å²) < 4.78 is 6.44. The van der Waals surface area contributed by atoms with Crippen molar-refractivity contribution < 1.29 is 14.3 Å². The topological polar surface area (TPSA) is 101 Å². The number of fused-ring (bicyclic) bond motifs is 8. The minimum atomic E-state index is -0.173. The van der Waals surface area contributed by atoms with Crippen LogP contribution >= 0.6 is 0 Å². The van der Waals surface area contributed by atoms with E-state index in [0.29, 0.717) is 31.0 Å². The lowest BCUT2D eigenvalue weighted by molar-refractivity contribution is 0.0746. The molecule has 2 amide bonds. The predicted octanol–water partition coefficient (Wildman–Crippen LogP) is 4.70. The van der Waals surface area contributed by atoms with E-state index in [-0.39, 0.29) is 24.0 Å². The molecule has 7 rings (SSSR count). The summed E-state index contributed by atoms with van der Waals surface area (Å²) in [5.74, 6) is 0.447. The van der Waals surface area contributed by atoms with Crippen molar-refractivity contribution >= 4 is 23.3 Å². The Morgan fingerprint density at radius 2 is 1.55 bits per heavy atom. The van der Waals surface area contributed by atoms with Gasteiger partial charge in [-0.2, -0.15) is 0 Å². The van der Waals surface area contributed by atoms with Crippen LogP contribution in [0.3, 0.4) is 0 Å². The highest BCUT2D eigenvalue weighted by Gasteiger charge is 2.43. The van der Waals surface area contributed by atoms with Crippen molar-refractivity contribution in [1.82, 2.24) is 15.2 Å². The number of anilines is 2. The lowest BCUT2D eigenvalue weighted by Crippen LogP contribution is -2.48. The van der Waals surface area contributed by atoms with Crippen molar-refractivity contribution in [3.05, 3.63) is 123 Å². The van der Waals surface area contributed by atoms with Crippen LogP contribution in [0.4, 0.5) is 11.5 Å². The van der Waals surface area contributed by atoms with Crippen LogP contribution in [0.15, 0.2) is 72.8 Å². The average molecular weight is 560 g/mol. The number of hydrogen-bond donors (Lipinski definition) is 2. The van der Waals surface area contributed by atoms with Gasteiger partial charge >= 0.3 is 0 Å². The van der Waals surface area contributed by atoms with Crippen LogP contribution in [0.5, 0.6) is 0 Å². The molecule has 8 nitrogen and oxygen atoms in total. The van der Waals surface area contributed by atoms with E-state index >= 15 is 0 Å². The van der Waals surface area contributed by atoms with Crippen molar-refractivity contribution in [2.75, 3.05) is 36.8 Å². The zero-order valence-corrected chi connectivity index (χ0v) is 23.8. The third kappa shape index (κ3) is 4.48. The Morgan fingerprint density at radius 3 is 2.26 bits per heavy atom. The average Bonchev–Trinajstić information content (AvgIpc) is 3.57. The largest absolute Gasteiger partial charge is 0.384 e. The van der Waals surface area contributed by atoms with Crippen LogP contribution in [0.25, 0.3) is 0 Å². The maximum Gasteiger partial charge on any atom is 0.253 e. The highest BCUT2D eigenvalue weighted by Crippen LogP contribution is 2.54. The third-order valence-corrected chi connectivity index (χ3v) is 8.77. The second-order valence-corrected chi connectivity index (χ2v) is 11.3. The standard InChI is InChI=1S/C34H33N5O3/c1-20-16-30(35)37-21(2)29(20)19-36-33(40)23-8-10-25-27(17-23)31-26-11-9-24(18-28(26)32(25)42-31)38-12-14-39(15-13-38)34(41)22-6-4-3-5-7-22/h3-11,16-18,31-32H,12-15,19H2,1-2H3,(H2,35,37)(H,36,40). The first kappa shape index (κ1) is 26.2. The molecule has 8 heteroatoms. The minimum Gasteiger partial charge on any atom is -0.384 e. The summed E-state index contributed by atoms with van der Waals surface area (Å²) in [5.41, 5.74) is 15.7. The molecule has 1 aromatic heterocycles. The quantitative estimate of drug-likeness (QED) is 0.368. The minimum absolute atomic E-state index is 0.0899. The van der Waals surface area contributed by atoms with E-state index in [2.05, 4.69) is 33.4 Å². The molecule has 1 saturated heterocycles. The molecule has 42 heavy (non-hydrogen) atoms. The van der Waals surface area contributed by atoms with E-state index in [1.807, 2.05) is 73.3 Å². The predicted molar refractivity (Wildman–Crippen MR) is 162 cm³/mol. The molecule has 0 radical (unpaired) electrons. The number of amides is 2. The van der Waals surface area contributed by atoms with Crippen molar-refractivity contribution in [3.8, 4) is 0 Å². The number of aryl methyl sites for hydroxylation is 2. The van der Waals surface area contributed by atoms with Gasteiger partial charge in [0.1, 0.15) is 18.0 Å². The molecule has 0 spiro atoms. The van der Waals surface area contributed by atoms with Crippen LogP contribution in [-0.4, -0.2) is 47.9 Å². The summed E-state index contributed by atoms with van der Waals surface area (Å²) in [6.45, 7) is 7.23. The number of benzene rings is 3. The molecule has 212 valence electrons. The molecule has 0 saturated carbocycles. The van der Waals surface area contributed by atoms with Gasteiger partial charge in [-0.15, -0.1) is 0 Å². The number of nitrogens with two attached hydrogens (primary N) is 1. The zero-order valence-electron chi connectivity index (χ0n) is 23.8. The lowest BCUT2D eigenvalue weighted by Gasteiger charge is -2.36. The summed E-state index contributed by atoms with van der Waals surface area (Å²) >= 11 is 0. The van der Waals surface area contributed by atoms with Crippen LogP contribution < -0.4 is 16.0 Å². The first-order chi connectivity index (χ1) is 20.4. The highest BCUT2D eigenvalue weighted by molar-refractivity contribution is 5.95. The Morgan fingerprint density at radius 1 is 0.857 bits per heavy atom. The van der Waals surface area contributed by atoms with E-state index in [4.69, 9.17) is 10.5 Å². The van der Waals surface area contributed by atoms with Gasteiger partial charge in [-0.05, 0) is 89.7 Å². The van der Waals surface area contributed by atoms with E-state index in [1.54, 1.807) is 0 Å². The Kier molecular flexibility index (Phi) is 6.43. The monoisotopic (exact) mass is 559 g/mol. The number of nitrogens with zero attached hydrogens (tertiary/aromatic N) is 3. The molecule has 3 aliphatic heterocycles. The van der Waals surface area contributed by atoms with Gasteiger partial charge in [-0.3, -0.25) is 9.59 Å². The molecule has 4 heterocycles. The van der Waals surface area contributed by atoms with Crippen LogP contribution in [0, 0.1) is 13.8 Å². The van der Waals surface area contributed by atoms with Crippen molar-refractivity contribution in [2.24, 2.45) is 0 Å². The summed E-state index contributed by atoms with van der Waals surface area (Å²) in [6.07, 6.45) is -0.308. The fraction of sp³-hybridized carbons (Fsp3) is 0.265.